The molecule has 2 rings (SSSR count). The molecule has 0 fully saturated rings. The van der Waals surface area contributed by atoms with Crippen LogP contribution in [-0.2, 0) is 9.53 Å². The first kappa shape index (κ1) is 14.8. The molecule has 0 saturated heterocycles. The fourth-order valence-corrected chi connectivity index (χ4v) is 2.30. The van der Waals surface area contributed by atoms with Crippen molar-refractivity contribution in [2.24, 2.45) is 0 Å². The van der Waals surface area contributed by atoms with E-state index >= 15 is 0 Å². The van der Waals surface area contributed by atoms with E-state index in [1.54, 1.807) is 0 Å². The number of carbonyl (C=O) groups is 1. The van der Waals surface area contributed by atoms with Gasteiger partial charge in [0.05, 0.1) is 25.0 Å². The summed E-state index contributed by atoms with van der Waals surface area (Å²) in [4.78, 5) is 16.0. The maximum absolute atomic E-state index is 11.7. The maximum atomic E-state index is 11.7. The van der Waals surface area contributed by atoms with Crippen LogP contribution in [0, 0.1) is 0 Å². The van der Waals surface area contributed by atoms with Crippen molar-refractivity contribution < 1.29 is 19.1 Å². The van der Waals surface area contributed by atoms with E-state index in [0.29, 0.717) is 10.8 Å². The quantitative estimate of drug-likeness (QED) is 0.743. The van der Waals surface area contributed by atoms with E-state index in [1.165, 1.54) is 18.9 Å². The van der Waals surface area contributed by atoms with Crippen LogP contribution in [0.4, 0.5) is 0 Å². The highest BCUT2D eigenvalue weighted by Gasteiger charge is 2.13. The van der Waals surface area contributed by atoms with Gasteiger partial charge in [-0.25, -0.2) is 4.98 Å². The number of nitrogens with zero attached hydrogens (tertiary/aromatic N) is 1. The molecule has 1 atom stereocenters. The number of oxazole rings is 1. The van der Waals surface area contributed by atoms with Gasteiger partial charge in [0.2, 0.25) is 5.91 Å². The van der Waals surface area contributed by atoms with E-state index in [1.807, 2.05) is 24.3 Å². The van der Waals surface area contributed by atoms with Gasteiger partial charge in [-0.15, -0.1) is 0 Å². The molecule has 0 saturated carbocycles. The van der Waals surface area contributed by atoms with Crippen molar-refractivity contribution in [3.05, 3.63) is 24.3 Å². The van der Waals surface area contributed by atoms with Crippen molar-refractivity contribution in [2.45, 2.75) is 11.3 Å². The number of fused-ring (bicyclic) bond motifs is 1. The van der Waals surface area contributed by atoms with E-state index < -0.39 is 6.04 Å². The van der Waals surface area contributed by atoms with Crippen molar-refractivity contribution in [1.29, 1.82) is 0 Å². The van der Waals surface area contributed by atoms with Gasteiger partial charge in [-0.05, 0) is 12.1 Å². The Hall–Kier alpha value is -1.57. The highest BCUT2D eigenvalue weighted by atomic mass is 32.2. The Bertz CT molecular complexity index is 539. The molecule has 1 aromatic heterocycles. The highest BCUT2D eigenvalue weighted by Crippen LogP contribution is 2.22. The van der Waals surface area contributed by atoms with E-state index in [2.05, 4.69) is 10.3 Å². The Morgan fingerprint density at radius 2 is 2.35 bits per heavy atom. The Kier molecular flexibility index (Phi) is 5.40. The van der Waals surface area contributed by atoms with Crippen LogP contribution in [0.5, 0.6) is 0 Å². The van der Waals surface area contributed by atoms with Crippen molar-refractivity contribution in [2.75, 3.05) is 26.1 Å². The number of hydrogen-bond donors (Lipinski definition) is 2. The number of carbonyl (C=O) groups excluding carboxylic acids is 1. The molecule has 0 aliphatic heterocycles. The van der Waals surface area contributed by atoms with Gasteiger partial charge in [0.1, 0.15) is 5.52 Å². The van der Waals surface area contributed by atoms with Crippen LogP contribution < -0.4 is 5.32 Å². The van der Waals surface area contributed by atoms with Crippen LogP contribution in [0.15, 0.2) is 33.9 Å². The Labute approximate surface area is 120 Å². The minimum absolute atomic E-state index is 0.160. The second kappa shape index (κ2) is 7.28. The van der Waals surface area contributed by atoms with Gasteiger partial charge < -0.3 is 19.6 Å². The third-order valence-corrected chi connectivity index (χ3v) is 3.38. The standard InChI is InChI=1S/C13H16N2O4S/c1-18-7-9(6-16)14-12(17)8-20-13-15-10-4-2-3-5-11(10)19-13/h2-5,9,16H,6-8H2,1H3,(H,14,17). The van der Waals surface area contributed by atoms with Crippen LogP contribution in [0.3, 0.4) is 0 Å². The molecule has 20 heavy (non-hydrogen) atoms. The molecule has 1 unspecified atom stereocenters. The van der Waals surface area contributed by atoms with Gasteiger partial charge in [-0.3, -0.25) is 4.79 Å². The molecule has 0 bridgehead atoms. The molecule has 6 nitrogen and oxygen atoms in total. The summed E-state index contributed by atoms with van der Waals surface area (Å²) in [6.07, 6.45) is 0. The first-order valence-corrected chi connectivity index (χ1v) is 7.09. The second-order valence-corrected chi connectivity index (χ2v) is 5.07. The summed E-state index contributed by atoms with van der Waals surface area (Å²) in [6, 6.07) is 7.03. The molecule has 1 heterocycles. The van der Waals surface area contributed by atoms with Crippen molar-refractivity contribution in [1.82, 2.24) is 10.3 Å². The SMILES string of the molecule is COCC(CO)NC(=O)CSc1nc2ccccc2o1. The fourth-order valence-electron chi connectivity index (χ4n) is 1.65. The van der Waals surface area contributed by atoms with E-state index in [-0.39, 0.29) is 24.9 Å². The number of methoxy groups -OCH3 is 1. The second-order valence-electron chi connectivity index (χ2n) is 4.14. The molecule has 0 radical (unpaired) electrons. The lowest BCUT2D eigenvalue weighted by Crippen LogP contribution is -2.41. The number of rotatable bonds is 7. The van der Waals surface area contributed by atoms with Crippen LogP contribution in [0.25, 0.3) is 11.1 Å². The molecule has 1 aromatic carbocycles. The number of benzene rings is 1. The summed E-state index contributed by atoms with van der Waals surface area (Å²) in [6.45, 7) is 0.114. The first-order valence-electron chi connectivity index (χ1n) is 6.10. The predicted octanol–water partition coefficient (Wildman–Crippen LogP) is 1.04. The number of para-hydroxylation sites is 2. The Balaban J connectivity index is 1.86. The lowest BCUT2D eigenvalue weighted by molar-refractivity contribution is -0.120. The minimum Gasteiger partial charge on any atom is -0.431 e. The molecule has 0 aliphatic rings. The molecule has 2 N–H and O–H groups in total. The molecular formula is C13H16N2O4S. The average molecular weight is 296 g/mol. The van der Waals surface area contributed by atoms with Crippen molar-refractivity contribution >= 4 is 28.8 Å². The number of ether oxygens (including phenoxy) is 1. The van der Waals surface area contributed by atoms with Gasteiger partial charge >= 0.3 is 0 Å². The molecule has 7 heteroatoms. The molecule has 108 valence electrons. The Morgan fingerprint density at radius 3 is 3.05 bits per heavy atom. The molecule has 2 aromatic rings. The summed E-state index contributed by atoms with van der Waals surface area (Å²) in [5.41, 5.74) is 1.46. The Morgan fingerprint density at radius 1 is 1.55 bits per heavy atom. The lowest BCUT2D eigenvalue weighted by atomic mass is 10.3. The predicted molar refractivity (Wildman–Crippen MR) is 75.6 cm³/mol. The number of amides is 1. The zero-order valence-corrected chi connectivity index (χ0v) is 11.9. The summed E-state index contributed by atoms with van der Waals surface area (Å²) >= 11 is 1.21. The molecule has 1 amide bonds. The molecule has 0 aliphatic carbocycles. The monoisotopic (exact) mass is 296 g/mol. The van der Waals surface area contributed by atoms with E-state index in [9.17, 15) is 4.79 Å². The van der Waals surface area contributed by atoms with Crippen LogP contribution in [0.1, 0.15) is 0 Å². The van der Waals surface area contributed by atoms with Crippen LogP contribution in [0.2, 0.25) is 0 Å². The zero-order valence-electron chi connectivity index (χ0n) is 11.0. The smallest absolute Gasteiger partial charge is 0.257 e. The zero-order chi connectivity index (χ0) is 14.4. The number of aliphatic hydroxyl groups is 1. The minimum atomic E-state index is -0.392. The number of aliphatic hydroxyl groups excluding tert-OH is 1. The topological polar surface area (TPSA) is 84.6 Å². The molecular weight excluding hydrogens is 280 g/mol. The van der Waals surface area contributed by atoms with E-state index in [4.69, 9.17) is 14.3 Å². The maximum Gasteiger partial charge on any atom is 0.257 e. The number of aromatic nitrogens is 1. The van der Waals surface area contributed by atoms with E-state index in [0.717, 1.165) is 5.52 Å². The van der Waals surface area contributed by atoms with Crippen molar-refractivity contribution in [3.8, 4) is 0 Å². The lowest BCUT2D eigenvalue weighted by Gasteiger charge is -2.14. The highest BCUT2D eigenvalue weighted by molar-refractivity contribution is 7.99. The van der Waals surface area contributed by atoms with Gasteiger partial charge in [0, 0.05) is 7.11 Å². The number of thioether (sulfide) groups is 1. The third kappa shape index (κ3) is 3.96. The van der Waals surface area contributed by atoms with Gasteiger partial charge in [0.25, 0.3) is 5.22 Å². The normalized spacial score (nSPS) is 12.5. The summed E-state index contributed by atoms with van der Waals surface area (Å²) in [5.74, 6) is -0.0269. The fraction of sp³-hybridized carbons (Fsp3) is 0.385. The summed E-state index contributed by atoms with van der Waals surface area (Å²) in [7, 11) is 1.52. The first-order chi connectivity index (χ1) is 9.72. The van der Waals surface area contributed by atoms with Crippen molar-refractivity contribution in [3.63, 3.8) is 0 Å². The van der Waals surface area contributed by atoms with Gasteiger partial charge in [-0.2, -0.15) is 0 Å². The van der Waals surface area contributed by atoms with Gasteiger partial charge in [-0.1, -0.05) is 23.9 Å². The summed E-state index contributed by atoms with van der Waals surface area (Å²) in [5, 5.41) is 12.2. The third-order valence-electron chi connectivity index (χ3n) is 2.55. The molecule has 0 spiro atoms. The van der Waals surface area contributed by atoms with Gasteiger partial charge in [0.15, 0.2) is 5.58 Å². The van der Waals surface area contributed by atoms with Crippen LogP contribution in [-0.4, -0.2) is 48.1 Å². The number of nitrogens with one attached hydrogen (secondary N) is 1. The summed E-state index contributed by atoms with van der Waals surface area (Å²) < 4.78 is 10.4. The van der Waals surface area contributed by atoms with Crippen LogP contribution >= 0.6 is 11.8 Å². The number of hydrogen-bond acceptors (Lipinski definition) is 6. The average Bonchev–Trinajstić information content (AvgIpc) is 2.87. The largest absolute Gasteiger partial charge is 0.431 e.